The van der Waals surface area contributed by atoms with Gasteiger partial charge in [0.05, 0.1) is 5.92 Å². The molecule has 2 amide bonds. The number of likely N-dealkylation sites (N-methyl/N-ethyl adjacent to an activating group) is 1. The molecule has 0 radical (unpaired) electrons. The van der Waals surface area contributed by atoms with Gasteiger partial charge >= 0.3 is 12.0 Å². The molecular formula is C16H22N2O3. The predicted molar refractivity (Wildman–Crippen MR) is 80.1 cm³/mol. The van der Waals surface area contributed by atoms with Crippen LogP contribution in [0.3, 0.4) is 0 Å². The van der Waals surface area contributed by atoms with E-state index < -0.39 is 11.9 Å². The average molecular weight is 290 g/mol. The van der Waals surface area contributed by atoms with Crippen molar-refractivity contribution < 1.29 is 14.7 Å². The van der Waals surface area contributed by atoms with Crippen LogP contribution in [0.5, 0.6) is 0 Å². The van der Waals surface area contributed by atoms with Crippen molar-refractivity contribution in [1.29, 1.82) is 0 Å². The van der Waals surface area contributed by atoms with Gasteiger partial charge in [0.25, 0.3) is 0 Å². The Morgan fingerprint density at radius 2 is 2.00 bits per heavy atom. The fourth-order valence-electron chi connectivity index (χ4n) is 2.74. The van der Waals surface area contributed by atoms with Gasteiger partial charge in [0.1, 0.15) is 0 Å². The van der Waals surface area contributed by atoms with Gasteiger partial charge in [0, 0.05) is 19.6 Å². The van der Waals surface area contributed by atoms with E-state index in [0.717, 1.165) is 19.3 Å². The number of hydrogen-bond acceptors (Lipinski definition) is 2. The summed E-state index contributed by atoms with van der Waals surface area (Å²) in [5, 5.41) is 12.0. The highest BCUT2D eigenvalue weighted by molar-refractivity contribution is 5.77. The van der Waals surface area contributed by atoms with E-state index in [1.807, 2.05) is 30.3 Å². The number of carbonyl (C=O) groups excluding carboxylic acids is 1. The normalized spacial score (nSPS) is 21.0. The lowest BCUT2D eigenvalue weighted by Gasteiger charge is -2.23. The molecule has 0 aromatic heterocycles. The van der Waals surface area contributed by atoms with Crippen molar-refractivity contribution >= 4 is 12.0 Å². The van der Waals surface area contributed by atoms with Crippen LogP contribution < -0.4 is 5.32 Å². The van der Waals surface area contributed by atoms with Gasteiger partial charge in [-0.05, 0) is 24.8 Å². The van der Waals surface area contributed by atoms with Crippen LogP contribution in [-0.4, -0.2) is 41.6 Å². The van der Waals surface area contributed by atoms with Crippen LogP contribution in [0.25, 0.3) is 0 Å². The van der Waals surface area contributed by atoms with Crippen molar-refractivity contribution in [3.63, 3.8) is 0 Å². The second kappa shape index (κ2) is 7.11. The van der Waals surface area contributed by atoms with E-state index in [9.17, 15) is 9.59 Å². The summed E-state index contributed by atoms with van der Waals surface area (Å²) < 4.78 is 0. The average Bonchev–Trinajstić information content (AvgIpc) is 2.94. The highest BCUT2D eigenvalue weighted by Crippen LogP contribution is 2.25. The van der Waals surface area contributed by atoms with E-state index in [0.29, 0.717) is 13.0 Å². The Kier molecular flexibility index (Phi) is 5.20. The van der Waals surface area contributed by atoms with Crippen molar-refractivity contribution in [3.8, 4) is 0 Å². The van der Waals surface area contributed by atoms with Crippen LogP contribution in [0.2, 0.25) is 0 Å². The third kappa shape index (κ3) is 4.21. The Bertz CT molecular complexity index is 490. The molecule has 0 saturated heterocycles. The van der Waals surface area contributed by atoms with Gasteiger partial charge < -0.3 is 15.3 Å². The zero-order valence-corrected chi connectivity index (χ0v) is 12.3. The molecule has 5 heteroatoms. The highest BCUT2D eigenvalue weighted by atomic mass is 16.4. The second-order valence-corrected chi connectivity index (χ2v) is 5.59. The van der Waals surface area contributed by atoms with Gasteiger partial charge in [0.2, 0.25) is 0 Å². The first-order chi connectivity index (χ1) is 10.1. The van der Waals surface area contributed by atoms with Crippen LogP contribution in [0.1, 0.15) is 24.8 Å². The van der Waals surface area contributed by atoms with E-state index in [1.54, 1.807) is 11.9 Å². The van der Waals surface area contributed by atoms with E-state index in [-0.39, 0.29) is 12.1 Å². The Balaban J connectivity index is 1.81. The molecule has 1 aliphatic carbocycles. The first-order valence-electron chi connectivity index (χ1n) is 7.36. The Labute approximate surface area is 125 Å². The van der Waals surface area contributed by atoms with Crippen LogP contribution in [0.4, 0.5) is 4.79 Å². The molecule has 0 spiro atoms. The Hall–Kier alpha value is -2.04. The lowest BCUT2D eigenvalue weighted by molar-refractivity contribution is -0.142. The number of benzene rings is 1. The van der Waals surface area contributed by atoms with Crippen molar-refractivity contribution in [3.05, 3.63) is 35.9 Å². The van der Waals surface area contributed by atoms with Crippen LogP contribution in [0.15, 0.2) is 30.3 Å². The molecule has 2 N–H and O–H groups in total. The quantitative estimate of drug-likeness (QED) is 0.872. The van der Waals surface area contributed by atoms with E-state index in [2.05, 4.69) is 5.32 Å². The molecule has 5 nitrogen and oxygen atoms in total. The predicted octanol–water partition coefficient (Wildman–Crippen LogP) is 2.12. The van der Waals surface area contributed by atoms with Crippen molar-refractivity contribution in [2.75, 3.05) is 13.6 Å². The number of nitrogens with zero attached hydrogens (tertiary/aromatic N) is 1. The first kappa shape index (κ1) is 15.4. The maximum absolute atomic E-state index is 12.1. The van der Waals surface area contributed by atoms with Gasteiger partial charge in [-0.15, -0.1) is 0 Å². The Morgan fingerprint density at radius 3 is 2.67 bits per heavy atom. The molecule has 114 valence electrons. The first-order valence-corrected chi connectivity index (χ1v) is 7.36. The molecule has 2 atom stereocenters. The van der Waals surface area contributed by atoms with Gasteiger partial charge in [-0.2, -0.15) is 0 Å². The summed E-state index contributed by atoms with van der Waals surface area (Å²) >= 11 is 0. The summed E-state index contributed by atoms with van der Waals surface area (Å²) in [4.78, 5) is 24.8. The molecule has 21 heavy (non-hydrogen) atoms. The van der Waals surface area contributed by atoms with Crippen molar-refractivity contribution in [1.82, 2.24) is 10.2 Å². The molecular weight excluding hydrogens is 268 g/mol. The SMILES string of the molecule is CN(CCc1ccccc1)C(=O)NC1CCCC1C(=O)O. The number of carbonyl (C=O) groups is 2. The minimum atomic E-state index is -0.815. The van der Waals surface area contributed by atoms with Gasteiger partial charge in [-0.3, -0.25) is 4.79 Å². The number of aliphatic carboxylic acids is 1. The maximum Gasteiger partial charge on any atom is 0.317 e. The fourth-order valence-corrected chi connectivity index (χ4v) is 2.74. The minimum Gasteiger partial charge on any atom is -0.481 e. The van der Waals surface area contributed by atoms with E-state index in [4.69, 9.17) is 5.11 Å². The van der Waals surface area contributed by atoms with Gasteiger partial charge in [-0.25, -0.2) is 4.79 Å². The molecule has 0 heterocycles. The third-order valence-electron chi connectivity index (χ3n) is 4.07. The molecule has 1 aromatic carbocycles. The van der Waals surface area contributed by atoms with Gasteiger partial charge in [0.15, 0.2) is 0 Å². The standard InChI is InChI=1S/C16H22N2O3/c1-18(11-10-12-6-3-2-4-7-12)16(21)17-14-9-5-8-13(14)15(19)20/h2-4,6-7,13-14H,5,8-11H2,1H3,(H,17,21)(H,19,20). The number of carboxylic acids is 1. The maximum atomic E-state index is 12.1. The summed E-state index contributed by atoms with van der Waals surface area (Å²) in [6, 6.07) is 9.55. The minimum absolute atomic E-state index is 0.191. The van der Waals surface area contributed by atoms with Crippen LogP contribution in [0, 0.1) is 5.92 Å². The summed E-state index contributed by atoms with van der Waals surface area (Å²) in [7, 11) is 1.74. The molecule has 2 rings (SSSR count). The number of urea groups is 1. The highest BCUT2D eigenvalue weighted by Gasteiger charge is 2.34. The molecule has 1 saturated carbocycles. The van der Waals surface area contributed by atoms with E-state index >= 15 is 0 Å². The zero-order valence-electron chi connectivity index (χ0n) is 12.3. The summed E-state index contributed by atoms with van der Waals surface area (Å²) in [5.41, 5.74) is 1.18. The number of amides is 2. The molecule has 1 fully saturated rings. The zero-order chi connectivity index (χ0) is 15.2. The van der Waals surface area contributed by atoms with Crippen molar-refractivity contribution in [2.45, 2.75) is 31.7 Å². The molecule has 1 aromatic rings. The van der Waals surface area contributed by atoms with E-state index in [1.165, 1.54) is 5.56 Å². The molecule has 1 aliphatic rings. The largest absolute Gasteiger partial charge is 0.481 e. The van der Waals surface area contributed by atoms with Gasteiger partial charge in [-0.1, -0.05) is 36.8 Å². The number of carboxylic acid groups (broad SMARTS) is 1. The van der Waals surface area contributed by atoms with Crippen LogP contribution >= 0.6 is 0 Å². The van der Waals surface area contributed by atoms with Crippen LogP contribution in [-0.2, 0) is 11.2 Å². The molecule has 0 bridgehead atoms. The summed E-state index contributed by atoms with van der Waals surface area (Å²) in [6.07, 6.45) is 3.04. The monoisotopic (exact) mass is 290 g/mol. The third-order valence-corrected chi connectivity index (χ3v) is 4.07. The second-order valence-electron chi connectivity index (χ2n) is 5.59. The fraction of sp³-hybridized carbons (Fsp3) is 0.500. The topological polar surface area (TPSA) is 69.6 Å². The lowest BCUT2D eigenvalue weighted by Crippen LogP contribution is -2.46. The Morgan fingerprint density at radius 1 is 1.29 bits per heavy atom. The van der Waals surface area contributed by atoms with Crippen molar-refractivity contribution in [2.24, 2.45) is 5.92 Å². The summed E-state index contributed by atoms with van der Waals surface area (Å²) in [5.74, 6) is -1.26. The summed E-state index contributed by atoms with van der Waals surface area (Å²) in [6.45, 7) is 0.611. The number of hydrogen-bond donors (Lipinski definition) is 2. The molecule has 2 unspecified atom stereocenters. The molecule has 0 aliphatic heterocycles. The number of nitrogens with one attached hydrogen (secondary N) is 1. The number of rotatable bonds is 5. The lowest BCUT2D eigenvalue weighted by atomic mass is 10.0. The smallest absolute Gasteiger partial charge is 0.317 e.